The number of anilines is 1. The molecule has 3 aromatic rings. The van der Waals surface area contributed by atoms with Crippen LogP contribution >= 0.6 is 0 Å². The number of carbonyl (C=O) groups is 2. The lowest BCUT2D eigenvalue weighted by Gasteiger charge is -2.26. The van der Waals surface area contributed by atoms with E-state index in [1.807, 2.05) is 0 Å². The zero-order chi connectivity index (χ0) is 24.8. The van der Waals surface area contributed by atoms with Gasteiger partial charge in [0.15, 0.2) is 0 Å². The van der Waals surface area contributed by atoms with Gasteiger partial charge in [0, 0.05) is 11.3 Å². The van der Waals surface area contributed by atoms with Crippen LogP contribution < -0.4 is 4.90 Å². The highest BCUT2D eigenvalue weighted by Gasteiger charge is 2.47. The van der Waals surface area contributed by atoms with E-state index in [1.54, 1.807) is 0 Å². The van der Waals surface area contributed by atoms with Gasteiger partial charge in [-0.15, -0.1) is 0 Å². The molecule has 9 heteroatoms. The molecular weight excluding hydrogens is 457 g/mol. The number of aliphatic hydroxyl groups excluding tert-OH is 1. The van der Waals surface area contributed by atoms with E-state index in [-0.39, 0.29) is 22.4 Å². The summed E-state index contributed by atoms with van der Waals surface area (Å²) in [6, 6.07) is 10.7. The third kappa shape index (κ3) is 4.05. The van der Waals surface area contributed by atoms with E-state index in [4.69, 9.17) is 0 Å². The van der Waals surface area contributed by atoms with Crippen molar-refractivity contribution in [3.63, 3.8) is 0 Å². The number of hydrogen-bond acceptors (Lipinski definition) is 3. The molecule has 1 amide bonds. The highest BCUT2D eigenvalue weighted by Crippen LogP contribution is 2.43. The minimum Gasteiger partial charge on any atom is -0.507 e. The number of nitrogens with zero attached hydrogens (tertiary/aromatic N) is 1. The van der Waals surface area contributed by atoms with Gasteiger partial charge in [0.25, 0.3) is 11.7 Å². The van der Waals surface area contributed by atoms with Gasteiger partial charge in [0.2, 0.25) is 0 Å². The van der Waals surface area contributed by atoms with Crippen LogP contribution in [0.2, 0.25) is 0 Å². The van der Waals surface area contributed by atoms with Crippen LogP contribution in [-0.4, -0.2) is 16.8 Å². The molecule has 0 saturated carbocycles. The number of halogens is 5. The summed E-state index contributed by atoms with van der Waals surface area (Å²) in [6.45, 7) is 1.44. The average Bonchev–Trinajstić information content (AvgIpc) is 3.06. The summed E-state index contributed by atoms with van der Waals surface area (Å²) in [5, 5.41) is 11.0. The number of rotatable bonds is 3. The van der Waals surface area contributed by atoms with E-state index in [0.29, 0.717) is 6.07 Å². The Balaban J connectivity index is 1.95. The third-order valence-corrected chi connectivity index (χ3v) is 5.51. The molecule has 1 heterocycles. The lowest BCUT2D eigenvalue weighted by Crippen LogP contribution is -2.29. The predicted octanol–water partition coefficient (Wildman–Crippen LogP) is 5.92. The number of aliphatic hydroxyl groups is 1. The van der Waals surface area contributed by atoms with Crippen LogP contribution in [0.15, 0.2) is 72.3 Å². The summed E-state index contributed by atoms with van der Waals surface area (Å²) in [6.07, 6.45) is -4.71. The van der Waals surface area contributed by atoms with Crippen molar-refractivity contribution in [2.45, 2.75) is 19.1 Å². The van der Waals surface area contributed by atoms with Crippen molar-refractivity contribution in [1.82, 2.24) is 0 Å². The summed E-state index contributed by atoms with van der Waals surface area (Å²) >= 11 is 0. The normalized spacial score (nSPS) is 17.9. The summed E-state index contributed by atoms with van der Waals surface area (Å²) in [7, 11) is 0. The van der Waals surface area contributed by atoms with Gasteiger partial charge >= 0.3 is 6.18 Å². The molecule has 1 atom stereocenters. The number of carbonyl (C=O) groups excluding carboxylic acids is 2. The molecule has 1 unspecified atom stereocenters. The molecule has 1 saturated heterocycles. The van der Waals surface area contributed by atoms with Crippen LogP contribution in [0.4, 0.5) is 27.6 Å². The molecule has 174 valence electrons. The van der Waals surface area contributed by atoms with E-state index in [9.17, 15) is 36.6 Å². The maximum Gasteiger partial charge on any atom is 0.416 e. The molecule has 1 N–H and O–H groups in total. The van der Waals surface area contributed by atoms with Gasteiger partial charge in [0.1, 0.15) is 17.4 Å². The van der Waals surface area contributed by atoms with Crippen molar-refractivity contribution in [3.05, 3.63) is 106 Å². The van der Waals surface area contributed by atoms with Crippen LogP contribution in [0.5, 0.6) is 0 Å². The topological polar surface area (TPSA) is 57.6 Å². The van der Waals surface area contributed by atoms with Crippen molar-refractivity contribution in [2.24, 2.45) is 0 Å². The Kier molecular flexibility index (Phi) is 5.72. The van der Waals surface area contributed by atoms with Crippen molar-refractivity contribution in [2.75, 3.05) is 4.90 Å². The standard InChI is InChI=1S/C25H16F5NO3/c1-13-11-15(7-10-19(13)27)22(32)20-21(14-5-8-17(26)9-6-14)31(24(34)23(20)33)18-4-2-3-16(12-18)25(28,29)30/h2-12,21,32H,1H3/b22-20+. The zero-order valence-electron chi connectivity index (χ0n) is 17.5. The van der Waals surface area contributed by atoms with Crippen LogP contribution in [0.3, 0.4) is 0 Å². The maximum atomic E-state index is 13.7. The van der Waals surface area contributed by atoms with E-state index in [1.165, 1.54) is 37.3 Å². The van der Waals surface area contributed by atoms with Gasteiger partial charge in [-0.05, 0) is 66.6 Å². The summed E-state index contributed by atoms with van der Waals surface area (Å²) in [4.78, 5) is 26.8. The Labute approximate surface area is 190 Å². The van der Waals surface area contributed by atoms with E-state index in [0.717, 1.165) is 35.2 Å². The average molecular weight is 473 g/mol. The molecule has 4 nitrogen and oxygen atoms in total. The molecule has 1 fully saturated rings. The predicted molar refractivity (Wildman–Crippen MR) is 114 cm³/mol. The maximum absolute atomic E-state index is 13.7. The first-order valence-electron chi connectivity index (χ1n) is 9.99. The van der Waals surface area contributed by atoms with E-state index < -0.39 is 52.4 Å². The second-order valence-corrected chi connectivity index (χ2v) is 7.73. The molecule has 1 aliphatic heterocycles. The van der Waals surface area contributed by atoms with Crippen LogP contribution in [0, 0.1) is 18.6 Å². The number of alkyl halides is 3. The lowest BCUT2D eigenvalue weighted by molar-refractivity contribution is -0.137. The number of benzene rings is 3. The molecular formula is C25H16F5NO3. The molecule has 1 aliphatic rings. The Morgan fingerprint density at radius 3 is 2.24 bits per heavy atom. The Hall–Kier alpha value is -4.01. The van der Waals surface area contributed by atoms with Gasteiger partial charge in [0.05, 0.1) is 17.2 Å². The molecule has 0 spiro atoms. The van der Waals surface area contributed by atoms with Crippen LogP contribution in [0.1, 0.15) is 28.3 Å². The fourth-order valence-electron chi connectivity index (χ4n) is 3.84. The van der Waals surface area contributed by atoms with E-state index in [2.05, 4.69) is 0 Å². The second-order valence-electron chi connectivity index (χ2n) is 7.73. The molecule has 4 rings (SSSR count). The first-order chi connectivity index (χ1) is 16.0. The van der Waals surface area contributed by atoms with E-state index >= 15 is 0 Å². The Bertz CT molecular complexity index is 1330. The summed E-state index contributed by atoms with van der Waals surface area (Å²) in [5.41, 5.74) is -1.32. The summed E-state index contributed by atoms with van der Waals surface area (Å²) < 4.78 is 67.2. The summed E-state index contributed by atoms with van der Waals surface area (Å²) in [5.74, 6) is -4.13. The van der Waals surface area contributed by atoms with Crippen LogP contribution in [-0.2, 0) is 15.8 Å². The van der Waals surface area contributed by atoms with Gasteiger partial charge < -0.3 is 5.11 Å². The van der Waals surface area contributed by atoms with Gasteiger partial charge in [-0.3, -0.25) is 14.5 Å². The largest absolute Gasteiger partial charge is 0.507 e. The molecule has 34 heavy (non-hydrogen) atoms. The molecule has 0 aromatic heterocycles. The van der Waals surface area contributed by atoms with Crippen molar-refractivity contribution in [3.8, 4) is 0 Å². The van der Waals surface area contributed by atoms with Gasteiger partial charge in [-0.25, -0.2) is 8.78 Å². The zero-order valence-corrected chi connectivity index (χ0v) is 17.5. The minimum atomic E-state index is -4.71. The second kappa shape index (κ2) is 8.40. The first kappa shape index (κ1) is 23.2. The van der Waals surface area contributed by atoms with Crippen molar-refractivity contribution < 1.29 is 36.6 Å². The highest BCUT2D eigenvalue weighted by atomic mass is 19.4. The van der Waals surface area contributed by atoms with Crippen molar-refractivity contribution >= 4 is 23.1 Å². The monoisotopic (exact) mass is 473 g/mol. The molecule has 0 aliphatic carbocycles. The quantitative estimate of drug-likeness (QED) is 0.222. The smallest absolute Gasteiger partial charge is 0.416 e. The SMILES string of the molecule is Cc1cc(/C(O)=C2\C(=O)C(=O)N(c3cccc(C(F)(F)F)c3)C2c2ccc(F)cc2)ccc1F. The first-order valence-corrected chi connectivity index (χ1v) is 9.99. The fraction of sp³-hybridized carbons (Fsp3) is 0.120. The molecule has 3 aromatic carbocycles. The number of amides is 1. The molecule has 0 radical (unpaired) electrons. The third-order valence-electron chi connectivity index (χ3n) is 5.51. The Morgan fingerprint density at radius 2 is 1.62 bits per heavy atom. The number of ketones is 1. The Morgan fingerprint density at radius 1 is 0.941 bits per heavy atom. The van der Waals surface area contributed by atoms with Crippen LogP contribution in [0.25, 0.3) is 5.76 Å². The highest BCUT2D eigenvalue weighted by molar-refractivity contribution is 6.51. The number of hydrogen-bond donors (Lipinski definition) is 1. The van der Waals surface area contributed by atoms with Gasteiger partial charge in [-0.2, -0.15) is 13.2 Å². The molecule has 0 bridgehead atoms. The minimum absolute atomic E-state index is 0.0352. The lowest BCUT2D eigenvalue weighted by atomic mass is 9.94. The van der Waals surface area contributed by atoms with Crippen molar-refractivity contribution in [1.29, 1.82) is 0 Å². The fourth-order valence-corrected chi connectivity index (χ4v) is 3.84. The number of Topliss-reactive ketones (excluding diaryl/α,β-unsaturated/α-hetero) is 1. The van der Waals surface area contributed by atoms with Gasteiger partial charge in [-0.1, -0.05) is 18.2 Å². The number of aryl methyl sites for hydroxylation is 1.